The molecule has 0 bridgehead atoms. The molecule has 1 unspecified atom stereocenters. The van der Waals surface area contributed by atoms with Crippen molar-refractivity contribution in [2.75, 3.05) is 6.61 Å². The third-order valence-corrected chi connectivity index (χ3v) is 3.92. The molecule has 0 amide bonds. The highest BCUT2D eigenvalue weighted by Crippen LogP contribution is 2.35. The lowest BCUT2D eigenvalue weighted by atomic mass is 10.0. The molecule has 0 spiro atoms. The first kappa shape index (κ1) is 11.2. The molecule has 0 radical (unpaired) electrons. The van der Waals surface area contributed by atoms with Gasteiger partial charge in [-0.15, -0.1) is 0 Å². The van der Waals surface area contributed by atoms with Gasteiger partial charge in [0.15, 0.2) is 0 Å². The van der Waals surface area contributed by atoms with Crippen molar-refractivity contribution in [3.8, 4) is 0 Å². The molecule has 0 aliphatic heterocycles. The summed E-state index contributed by atoms with van der Waals surface area (Å²) >= 11 is 2.22. The number of rotatable bonds is 3. The molecule has 1 aliphatic rings. The van der Waals surface area contributed by atoms with Crippen LogP contribution >= 0.6 is 22.6 Å². The van der Waals surface area contributed by atoms with Crippen LogP contribution in [0.3, 0.4) is 0 Å². The summed E-state index contributed by atoms with van der Waals surface area (Å²) in [5, 5.41) is 0. The molecule has 4 heteroatoms. The highest BCUT2D eigenvalue weighted by molar-refractivity contribution is 14.1. The van der Waals surface area contributed by atoms with Crippen LogP contribution in [0.15, 0.2) is 0 Å². The van der Waals surface area contributed by atoms with Gasteiger partial charge in [0.1, 0.15) is 0 Å². The minimum atomic E-state index is -1.41. The van der Waals surface area contributed by atoms with Crippen LogP contribution < -0.4 is 0 Å². The maximum atomic E-state index is 13.5. The fraction of sp³-hybridized carbons (Fsp3) is 0.889. The van der Waals surface area contributed by atoms with Crippen LogP contribution in [-0.2, 0) is 9.53 Å². The third-order valence-electron chi connectivity index (χ3n) is 2.37. The van der Waals surface area contributed by atoms with Crippen molar-refractivity contribution < 1.29 is 13.9 Å². The van der Waals surface area contributed by atoms with E-state index in [1.165, 1.54) is 0 Å². The maximum Gasteiger partial charge on any atom is 0.341 e. The third kappa shape index (κ3) is 2.79. The molecule has 3 atom stereocenters. The van der Waals surface area contributed by atoms with Gasteiger partial charge >= 0.3 is 5.97 Å². The fourth-order valence-electron chi connectivity index (χ4n) is 1.67. The Bertz CT molecular complexity index is 186. The maximum absolute atomic E-state index is 13.5. The molecule has 0 aromatic carbocycles. The highest BCUT2D eigenvalue weighted by Gasteiger charge is 2.37. The molecule has 0 aromatic rings. The van der Waals surface area contributed by atoms with E-state index in [4.69, 9.17) is 0 Å². The van der Waals surface area contributed by atoms with E-state index in [0.717, 1.165) is 19.3 Å². The molecule has 0 aromatic heterocycles. The van der Waals surface area contributed by atoms with Crippen LogP contribution in [0.2, 0.25) is 0 Å². The molecular formula is C9H14FIO2. The van der Waals surface area contributed by atoms with Crippen molar-refractivity contribution in [3.05, 3.63) is 0 Å². The van der Waals surface area contributed by atoms with Gasteiger partial charge in [0.05, 0.1) is 6.61 Å². The van der Waals surface area contributed by atoms with E-state index in [1.54, 1.807) is 6.92 Å². The molecule has 1 rings (SSSR count). The summed E-state index contributed by atoms with van der Waals surface area (Å²) in [6, 6.07) is 0. The molecule has 0 N–H and O–H groups in total. The number of halogens is 2. The number of ether oxygens (including phenoxy) is 1. The van der Waals surface area contributed by atoms with Gasteiger partial charge in [-0.1, -0.05) is 29.0 Å². The topological polar surface area (TPSA) is 26.3 Å². The SMILES string of the molecule is CCOC(=O)C(F)[C@@H]1CCC[C@@H]1I. The Hall–Kier alpha value is 0.130. The van der Waals surface area contributed by atoms with E-state index in [1.807, 2.05) is 0 Å². The van der Waals surface area contributed by atoms with Gasteiger partial charge in [-0.05, 0) is 19.8 Å². The van der Waals surface area contributed by atoms with Gasteiger partial charge in [-0.2, -0.15) is 0 Å². The quantitative estimate of drug-likeness (QED) is 0.455. The molecule has 0 heterocycles. The van der Waals surface area contributed by atoms with E-state index in [9.17, 15) is 9.18 Å². The number of esters is 1. The van der Waals surface area contributed by atoms with E-state index >= 15 is 0 Å². The molecule has 13 heavy (non-hydrogen) atoms. The van der Waals surface area contributed by atoms with Crippen LogP contribution in [0.4, 0.5) is 4.39 Å². The Kier molecular flexibility index (Phi) is 4.41. The average molecular weight is 300 g/mol. The standard InChI is InChI=1S/C9H14FIO2/c1-2-13-9(12)8(10)6-4-3-5-7(6)11/h6-8H,2-5H2,1H3/t6-,7+,8?/m1/s1. The lowest BCUT2D eigenvalue weighted by molar-refractivity contribution is -0.151. The first-order valence-electron chi connectivity index (χ1n) is 4.61. The average Bonchev–Trinajstić information content (AvgIpc) is 2.50. The van der Waals surface area contributed by atoms with E-state index in [2.05, 4.69) is 27.3 Å². The Morgan fingerprint density at radius 2 is 2.38 bits per heavy atom. The molecule has 0 saturated heterocycles. The summed E-state index contributed by atoms with van der Waals surface area (Å²) in [7, 11) is 0. The van der Waals surface area contributed by atoms with Crippen molar-refractivity contribution in [3.63, 3.8) is 0 Å². The zero-order valence-corrected chi connectivity index (χ0v) is 9.79. The molecule has 76 valence electrons. The van der Waals surface area contributed by atoms with Crippen molar-refractivity contribution in [1.29, 1.82) is 0 Å². The summed E-state index contributed by atoms with van der Waals surface area (Å²) in [5.41, 5.74) is 0. The predicted molar refractivity (Wildman–Crippen MR) is 56.7 cm³/mol. The predicted octanol–water partition coefficient (Wildman–Crippen LogP) is 2.49. The van der Waals surface area contributed by atoms with E-state index < -0.39 is 12.1 Å². The second-order valence-corrected chi connectivity index (χ2v) is 4.86. The summed E-state index contributed by atoms with van der Waals surface area (Å²) < 4.78 is 18.4. The van der Waals surface area contributed by atoms with Gasteiger partial charge in [-0.3, -0.25) is 0 Å². The number of hydrogen-bond donors (Lipinski definition) is 0. The van der Waals surface area contributed by atoms with Crippen LogP contribution in [0.1, 0.15) is 26.2 Å². The van der Waals surface area contributed by atoms with Gasteiger partial charge in [0.25, 0.3) is 0 Å². The van der Waals surface area contributed by atoms with Crippen LogP contribution in [0.5, 0.6) is 0 Å². The van der Waals surface area contributed by atoms with E-state index in [-0.39, 0.29) is 16.4 Å². The molecule has 2 nitrogen and oxygen atoms in total. The smallest absolute Gasteiger partial charge is 0.341 e. The summed E-state index contributed by atoms with van der Waals surface area (Å²) in [5.74, 6) is -0.810. The number of carbonyl (C=O) groups is 1. The summed E-state index contributed by atoms with van der Waals surface area (Å²) in [6.45, 7) is 1.96. The summed E-state index contributed by atoms with van der Waals surface area (Å²) in [4.78, 5) is 11.1. The lowest BCUT2D eigenvalue weighted by Crippen LogP contribution is -2.30. The summed E-state index contributed by atoms with van der Waals surface area (Å²) in [6.07, 6.45) is 1.45. The fourth-order valence-corrected chi connectivity index (χ4v) is 2.83. The Morgan fingerprint density at radius 1 is 1.69 bits per heavy atom. The van der Waals surface area contributed by atoms with Crippen molar-refractivity contribution in [2.24, 2.45) is 5.92 Å². The second-order valence-electron chi connectivity index (χ2n) is 3.26. The Morgan fingerprint density at radius 3 is 2.85 bits per heavy atom. The van der Waals surface area contributed by atoms with Gasteiger partial charge < -0.3 is 4.74 Å². The number of alkyl halides is 2. The van der Waals surface area contributed by atoms with Gasteiger partial charge in [0, 0.05) is 9.84 Å². The normalized spacial score (nSPS) is 30.1. The minimum absolute atomic E-state index is 0.125. The van der Waals surface area contributed by atoms with Crippen molar-refractivity contribution in [2.45, 2.75) is 36.3 Å². The molecular weight excluding hydrogens is 286 g/mol. The van der Waals surface area contributed by atoms with Crippen molar-refractivity contribution >= 4 is 28.6 Å². The number of hydrogen-bond acceptors (Lipinski definition) is 2. The Labute approximate surface area is 91.4 Å². The van der Waals surface area contributed by atoms with Crippen LogP contribution in [0, 0.1) is 5.92 Å². The van der Waals surface area contributed by atoms with Crippen molar-refractivity contribution in [1.82, 2.24) is 0 Å². The number of carbonyl (C=O) groups excluding carboxylic acids is 1. The first-order chi connectivity index (χ1) is 6.16. The van der Waals surface area contributed by atoms with Crippen LogP contribution in [0.25, 0.3) is 0 Å². The highest BCUT2D eigenvalue weighted by atomic mass is 127. The Balaban J connectivity index is 2.45. The molecule has 1 aliphatic carbocycles. The van der Waals surface area contributed by atoms with Gasteiger partial charge in [-0.25, -0.2) is 9.18 Å². The van der Waals surface area contributed by atoms with Crippen LogP contribution in [-0.4, -0.2) is 22.7 Å². The van der Waals surface area contributed by atoms with Gasteiger partial charge in [0.2, 0.25) is 6.17 Å². The monoisotopic (exact) mass is 300 g/mol. The largest absolute Gasteiger partial charge is 0.464 e. The zero-order valence-electron chi connectivity index (χ0n) is 7.63. The minimum Gasteiger partial charge on any atom is -0.464 e. The molecule has 1 saturated carbocycles. The zero-order chi connectivity index (χ0) is 9.84. The van der Waals surface area contributed by atoms with E-state index in [0.29, 0.717) is 0 Å². The first-order valence-corrected chi connectivity index (χ1v) is 5.86. The molecule has 1 fully saturated rings. The lowest BCUT2D eigenvalue weighted by Gasteiger charge is -2.17. The second kappa shape index (κ2) is 5.12.